The Labute approximate surface area is 117 Å². The molecule has 0 saturated heterocycles. The molecule has 0 bridgehead atoms. The fourth-order valence-electron chi connectivity index (χ4n) is 2.09. The van der Waals surface area contributed by atoms with Crippen LogP contribution in [-0.2, 0) is 10.2 Å². The molecule has 1 atom stereocenters. The van der Waals surface area contributed by atoms with Crippen molar-refractivity contribution in [3.8, 4) is 0 Å². The van der Waals surface area contributed by atoms with E-state index >= 15 is 0 Å². The van der Waals surface area contributed by atoms with Crippen LogP contribution >= 0.6 is 0 Å². The third-order valence-corrected chi connectivity index (χ3v) is 3.33. The Kier molecular flexibility index (Phi) is 4.75. The summed E-state index contributed by atoms with van der Waals surface area (Å²) in [5.41, 5.74) is 6.51. The van der Waals surface area contributed by atoms with Gasteiger partial charge in [0.15, 0.2) is 0 Å². The summed E-state index contributed by atoms with van der Waals surface area (Å²) < 4.78 is 0. The largest absolute Gasteiger partial charge is 0.289 e. The van der Waals surface area contributed by atoms with Gasteiger partial charge in [-0.05, 0) is 36.0 Å². The maximum Gasteiger partial charge on any atom is 0.241 e. The Morgan fingerprint density at radius 3 is 2.26 bits per heavy atom. The van der Waals surface area contributed by atoms with E-state index in [0.717, 1.165) is 5.56 Å². The highest BCUT2D eigenvalue weighted by Gasteiger charge is 2.20. The second-order valence-electron chi connectivity index (χ2n) is 6.41. The van der Waals surface area contributed by atoms with Gasteiger partial charge in [0.25, 0.3) is 0 Å². The molecule has 0 aromatic heterocycles. The number of rotatable bonds is 3. The van der Waals surface area contributed by atoms with Crippen LogP contribution in [0.25, 0.3) is 0 Å². The van der Waals surface area contributed by atoms with Gasteiger partial charge < -0.3 is 0 Å². The van der Waals surface area contributed by atoms with Gasteiger partial charge in [0.2, 0.25) is 5.91 Å². The molecule has 1 aromatic carbocycles. The van der Waals surface area contributed by atoms with Crippen LogP contribution in [-0.4, -0.2) is 25.0 Å². The second kappa shape index (κ2) is 5.74. The van der Waals surface area contributed by atoms with Gasteiger partial charge in [0.05, 0.1) is 5.92 Å². The molecule has 0 aliphatic rings. The molecule has 1 aromatic rings. The Balaban J connectivity index is 3.00. The van der Waals surface area contributed by atoms with E-state index in [1.807, 2.05) is 21.0 Å². The average Bonchev–Trinajstić information content (AvgIpc) is 2.25. The van der Waals surface area contributed by atoms with E-state index in [0.29, 0.717) is 0 Å². The molecular formula is C16H26N2O. The maximum absolute atomic E-state index is 12.0. The number of nitrogens with zero attached hydrogens (tertiary/aromatic N) is 1. The van der Waals surface area contributed by atoms with Gasteiger partial charge in [-0.1, -0.05) is 39.0 Å². The van der Waals surface area contributed by atoms with Gasteiger partial charge in [-0.25, -0.2) is 5.01 Å². The first-order chi connectivity index (χ1) is 8.62. The van der Waals surface area contributed by atoms with Crippen LogP contribution in [0.4, 0.5) is 0 Å². The van der Waals surface area contributed by atoms with Crippen molar-refractivity contribution in [1.29, 1.82) is 0 Å². The third-order valence-electron chi connectivity index (χ3n) is 3.33. The third kappa shape index (κ3) is 4.06. The zero-order chi connectivity index (χ0) is 14.8. The van der Waals surface area contributed by atoms with E-state index in [-0.39, 0.29) is 17.2 Å². The van der Waals surface area contributed by atoms with Crippen molar-refractivity contribution in [2.24, 2.45) is 0 Å². The summed E-state index contributed by atoms with van der Waals surface area (Å²) in [5.74, 6) is -0.118. The van der Waals surface area contributed by atoms with Gasteiger partial charge in [0, 0.05) is 14.1 Å². The van der Waals surface area contributed by atoms with Crippen LogP contribution in [0.1, 0.15) is 50.3 Å². The van der Waals surface area contributed by atoms with Crippen molar-refractivity contribution >= 4 is 5.91 Å². The van der Waals surface area contributed by atoms with Gasteiger partial charge in [-0.15, -0.1) is 0 Å². The summed E-state index contributed by atoms with van der Waals surface area (Å²) in [7, 11) is 3.64. The molecule has 0 spiro atoms. The Morgan fingerprint density at radius 2 is 1.84 bits per heavy atom. The SMILES string of the molecule is Cc1cc(C(C)(C)C)ccc1C(C)C(=O)NN(C)C. The quantitative estimate of drug-likeness (QED) is 0.849. The minimum absolute atomic E-state index is 0.0246. The van der Waals surface area contributed by atoms with Crippen molar-refractivity contribution in [2.75, 3.05) is 14.1 Å². The molecule has 1 N–H and O–H groups in total. The van der Waals surface area contributed by atoms with E-state index in [4.69, 9.17) is 0 Å². The van der Waals surface area contributed by atoms with E-state index in [2.05, 4.69) is 51.3 Å². The first-order valence-corrected chi connectivity index (χ1v) is 6.71. The molecular weight excluding hydrogens is 236 g/mol. The zero-order valence-electron chi connectivity index (χ0n) is 13.2. The van der Waals surface area contributed by atoms with Crippen molar-refractivity contribution in [1.82, 2.24) is 10.4 Å². The molecule has 3 nitrogen and oxygen atoms in total. The van der Waals surface area contributed by atoms with E-state index in [1.165, 1.54) is 11.1 Å². The standard InChI is InChI=1S/C16H26N2O/c1-11-10-13(16(3,4)5)8-9-14(11)12(2)15(19)17-18(6)7/h8-10,12H,1-7H3,(H,17,19). The van der Waals surface area contributed by atoms with Crippen molar-refractivity contribution in [3.05, 3.63) is 34.9 Å². The Bertz CT molecular complexity index is 458. The normalized spacial score (nSPS) is 13.5. The summed E-state index contributed by atoms with van der Waals surface area (Å²) in [4.78, 5) is 12.0. The van der Waals surface area contributed by atoms with Crippen LogP contribution in [0.3, 0.4) is 0 Å². The molecule has 0 saturated carbocycles. The highest BCUT2D eigenvalue weighted by molar-refractivity contribution is 5.83. The van der Waals surface area contributed by atoms with E-state index in [9.17, 15) is 4.79 Å². The molecule has 106 valence electrons. The topological polar surface area (TPSA) is 32.3 Å². The van der Waals surface area contributed by atoms with Crippen LogP contribution in [0.5, 0.6) is 0 Å². The van der Waals surface area contributed by atoms with Crippen LogP contribution in [0.2, 0.25) is 0 Å². The smallest absolute Gasteiger partial charge is 0.241 e. The van der Waals surface area contributed by atoms with Crippen molar-refractivity contribution < 1.29 is 4.79 Å². The van der Waals surface area contributed by atoms with Crippen molar-refractivity contribution in [2.45, 2.75) is 46.0 Å². The number of aryl methyl sites for hydroxylation is 1. The molecule has 0 fully saturated rings. The van der Waals surface area contributed by atoms with Gasteiger partial charge in [-0.2, -0.15) is 0 Å². The number of carbonyl (C=O) groups excluding carboxylic acids is 1. The van der Waals surface area contributed by atoms with Gasteiger partial charge >= 0.3 is 0 Å². The second-order valence-corrected chi connectivity index (χ2v) is 6.41. The fraction of sp³-hybridized carbons (Fsp3) is 0.562. The highest BCUT2D eigenvalue weighted by atomic mass is 16.2. The molecule has 1 rings (SSSR count). The average molecular weight is 262 g/mol. The maximum atomic E-state index is 12.0. The summed E-state index contributed by atoms with van der Waals surface area (Å²) in [5, 5.41) is 1.68. The lowest BCUT2D eigenvalue weighted by molar-refractivity contribution is -0.126. The molecule has 0 aliphatic heterocycles. The highest BCUT2D eigenvalue weighted by Crippen LogP contribution is 2.27. The summed E-state index contributed by atoms with van der Waals surface area (Å²) in [6, 6.07) is 6.40. The molecule has 0 heterocycles. The molecule has 1 amide bonds. The summed E-state index contributed by atoms with van der Waals surface area (Å²) >= 11 is 0. The lowest BCUT2D eigenvalue weighted by Crippen LogP contribution is -2.38. The van der Waals surface area contributed by atoms with Gasteiger partial charge in [-0.3, -0.25) is 10.2 Å². The summed E-state index contributed by atoms with van der Waals surface area (Å²) in [6.07, 6.45) is 0. The predicted octanol–water partition coefficient (Wildman–Crippen LogP) is 2.99. The number of hydrazine groups is 1. The van der Waals surface area contributed by atoms with Crippen LogP contribution < -0.4 is 5.43 Å². The lowest BCUT2D eigenvalue weighted by Gasteiger charge is -2.23. The van der Waals surface area contributed by atoms with Crippen molar-refractivity contribution in [3.63, 3.8) is 0 Å². The summed E-state index contributed by atoms with van der Waals surface area (Å²) in [6.45, 7) is 10.6. The number of hydrogen-bond acceptors (Lipinski definition) is 2. The minimum atomic E-state index is -0.142. The first kappa shape index (κ1) is 15.7. The first-order valence-electron chi connectivity index (χ1n) is 6.71. The number of carbonyl (C=O) groups is 1. The fourth-order valence-corrected chi connectivity index (χ4v) is 2.09. The van der Waals surface area contributed by atoms with E-state index < -0.39 is 0 Å². The molecule has 1 unspecified atom stereocenters. The van der Waals surface area contributed by atoms with E-state index in [1.54, 1.807) is 5.01 Å². The molecule has 0 radical (unpaired) electrons. The molecule has 0 aliphatic carbocycles. The number of amides is 1. The number of hydrogen-bond donors (Lipinski definition) is 1. The number of nitrogens with one attached hydrogen (secondary N) is 1. The van der Waals surface area contributed by atoms with Crippen LogP contribution in [0, 0.1) is 6.92 Å². The van der Waals surface area contributed by atoms with Gasteiger partial charge in [0.1, 0.15) is 0 Å². The minimum Gasteiger partial charge on any atom is -0.289 e. The monoisotopic (exact) mass is 262 g/mol. The Morgan fingerprint density at radius 1 is 1.26 bits per heavy atom. The Hall–Kier alpha value is -1.35. The zero-order valence-corrected chi connectivity index (χ0v) is 13.2. The molecule has 3 heteroatoms. The predicted molar refractivity (Wildman–Crippen MR) is 80.1 cm³/mol. The lowest BCUT2D eigenvalue weighted by atomic mass is 9.84. The number of benzene rings is 1. The molecule has 19 heavy (non-hydrogen) atoms. The van der Waals surface area contributed by atoms with Crippen LogP contribution in [0.15, 0.2) is 18.2 Å².